The Bertz CT molecular complexity index is 2300. The molecule has 4 fully saturated rings. The van der Waals surface area contributed by atoms with Gasteiger partial charge in [-0.25, -0.2) is 0 Å². The average molecular weight is 846 g/mol. The molecule has 3 aromatic rings. The number of hydrogen-bond donors (Lipinski definition) is 2. The molecular weight excluding hydrogens is 794 g/mol. The first kappa shape index (κ1) is 41.1. The van der Waals surface area contributed by atoms with Crippen molar-refractivity contribution < 1.29 is 28.7 Å². The van der Waals surface area contributed by atoms with Crippen molar-refractivity contribution in [3.05, 3.63) is 93.0 Å². The maximum absolute atomic E-state index is 13.5. The van der Waals surface area contributed by atoms with E-state index in [0.29, 0.717) is 45.1 Å². The van der Waals surface area contributed by atoms with Crippen molar-refractivity contribution >= 4 is 46.8 Å². The molecule has 318 valence electrons. The molecule has 14 heteroatoms. The van der Waals surface area contributed by atoms with Crippen LogP contribution in [-0.4, -0.2) is 101 Å². The second kappa shape index (κ2) is 15.6. The van der Waals surface area contributed by atoms with Gasteiger partial charge in [-0.05, 0) is 105 Å². The van der Waals surface area contributed by atoms with Gasteiger partial charge in [-0.1, -0.05) is 39.3 Å². The Morgan fingerprint density at radius 1 is 0.803 bits per heavy atom. The number of rotatable bonds is 8. The maximum atomic E-state index is 13.5. The SMILES string of the molecule is CC1(C)[C@H](NC(=O)c2ccc(N3CCC(N4CCC(N5Cc6cc7c(cc6C5)C(=O)N([C@@H]5CCC(=O)NC5=O)C7=O)CC4)CC3)cc2)C(C)(C)[C@H]1Oc1ccc(C#N)c(Cl)c1. The van der Waals surface area contributed by atoms with Gasteiger partial charge in [0.2, 0.25) is 11.8 Å². The third-order valence-corrected chi connectivity index (χ3v) is 14.7. The number of likely N-dealkylation sites (tertiary alicyclic amines) is 1. The summed E-state index contributed by atoms with van der Waals surface area (Å²) in [6.45, 7) is 13.8. The number of hydrogen-bond acceptors (Lipinski definition) is 10. The Morgan fingerprint density at radius 3 is 1.97 bits per heavy atom. The van der Waals surface area contributed by atoms with E-state index in [4.69, 9.17) is 16.3 Å². The molecule has 61 heavy (non-hydrogen) atoms. The number of ether oxygens (including phenoxy) is 1. The number of halogens is 1. The minimum Gasteiger partial charge on any atom is -0.489 e. The Kier molecular flexibility index (Phi) is 10.5. The molecule has 0 aromatic heterocycles. The molecule has 0 unspecified atom stereocenters. The number of nitrogens with zero attached hydrogens (tertiary/aromatic N) is 5. The van der Waals surface area contributed by atoms with Gasteiger partial charge in [0.15, 0.2) is 0 Å². The summed E-state index contributed by atoms with van der Waals surface area (Å²) in [5.41, 5.74) is 4.28. The third-order valence-electron chi connectivity index (χ3n) is 14.4. The van der Waals surface area contributed by atoms with Gasteiger partial charge in [-0.3, -0.25) is 39.1 Å². The van der Waals surface area contributed by atoms with Crippen LogP contribution in [0.25, 0.3) is 0 Å². The number of amides is 5. The van der Waals surface area contributed by atoms with E-state index in [9.17, 15) is 29.2 Å². The second-order valence-electron chi connectivity index (χ2n) is 18.9. The summed E-state index contributed by atoms with van der Waals surface area (Å²) in [7, 11) is 0. The number of nitriles is 1. The van der Waals surface area contributed by atoms with E-state index in [0.717, 1.165) is 86.7 Å². The summed E-state index contributed by atoms with van der Waals surface area (Å²) in [5.74, 6) is -1.39. The third kappa shape index (κ3) is 7.26. The smallest absolute Gasteiger partial charge is 0.262 e. The zero-order chi connectivity index (χ0) is 43.0. The highest BCUT2D eigenvalue weighted by Gasteiger charge is 2.64. The second-order valence-corrected chi connectivity index (χ2v) is 19.3. The van der Waals surface area contributed by atoms with Gasteiger partial charge < -0.3 is 19.9 Å². The topological polar surface area (TPSA) is 155 Å². The first-order valence-corrected chi connectivity index (χ1v) is 21.9. The number of anilines is 1. The van der Waals surface area contributed by atoms with Gasteiger partial charge >= 0.3 is 0 Å². The van der Waals surface area contributed by atoms with E-state index < -0.39 is 23.8 Å². The van der Waals surface area contributed by atoms with Crippen LogP contribution in [0.15, 0.2) is 54.6 Å². The van der Waals surface area contributed by atoms with Crippen LogP contribution in [0.4, 0.5) is 5.69 Å². The first-order valence-electron chi connectivity index (χ1n) is 21.5. The number of nitrogens with one attached hydrogen (secondary N) is 2. The number of piperidine rings is 3. The largest absolute Gasteiger partial charge is 0.489 e. The predicted octanol–water partition coefficient (Wildman–Crippen LogP) is 5.67. The van der Waals surface area contributed by atoms with E-state index in [1.807, 2.05) is 24.3 Å². The highest BCUT2D eigenvalue weighted by Crippen LogP contribution is 2.55. The molecule has 5 amide bonds. The fourth-order valence-corrected chi connectivity index (χ4v) is 11.6. The lowest BCUT2D eigenvalue weighted by Crippen LogP contribution is -2.74. The van der Waals surface area contributed by atoms with Crippen molar-refractivity contribution in [2.24, 2.45) is 10.8 Å². The Balaban J connectivity index is 0.735. The van der Waals surface area contributed by atoms with Crippen molar-refractivity contribution in [3.63, 3.8) is 0 Å². The molecule has 0 spiro atoms. The average Bonchev–Trinajstić information content (AvgIpc) is 3.78. The van der Waals surface area contributed by atoms with E-state index in [-0.39, 0.29) is 47.6 Å². The zero-order valence-electron chi connectivity index (χ0n) is 35.1. The lowest BCUT2D eigenvalue weighted by molar-refractivity contribution is -0.164. The molecule has 5 aliphatic heterocycles. The van der Waals surface area contributed by atoms with Crippen molar-refractivity contribution in [2.75, 3.05) is 31.1 Å². The molecule has 1 aliphatic carbocycles. The standard InChI is InChI=1S/C47H52ClN7O6/c1-46(2)44(47(3,4)45(46)61-34-10-7-28(24-49)37(48)23-34)51-40(57)27-5-8-31(9-6-27)52-17-13-32(14-18-52)53-19-15-33(16-20-53)54-25-29-21-35-36(22-30(29)26-54)43(60)55(42(35)59)38-11-12-39(56)50-41(38)58/h5-10,21-23,32-33,38,44-45H,11-20,25-26H2,1-4H3,(H,51,57)(H,50,56,58)/t38-,44-,45-/m1/s1. The summed E-state index contributed by atoms with van der Waals surface area (Å²) in [6, 6.07) is 18.7. The molecule has 3 aromatic carbocycles. The normalized spacial score (nSPS) is 25.4. The molecule has 1 atom stereocenters. The molecular formula is C47H52ClN7O6. The number of fused-ring (bicyclic) bond motifs is 2. The van der Waals surface area contributed by atoms with E-state index in [1.165, 1.54) is 0 Å². The fraction of sp³-hybridized carbons (Fsp3) is 0.489. The van der Waals surface area contributed by atoms with Gasteiger partial charge in [0.1, 0.15) is 24.0 Å². The van der Waals surface area contributed by atoms with Crippen LogP contribution in [0.1, 0.15) is 114 Å². The fourth-order valence-electron chi connectivity index (χ4n) is 11.4. The van der Waals surface area contributed by atoms with Gasteiger partial charge in [0.05, 0.1) is 21.7 Å². The molecule has 1 saturated carbocycles. The predicted molar refractivity (Wildman–Crippen MR) is 228 cm³/mol. The highest BCUT2D eigenvalue weighted by molar-refractivity contribution is 6.31. The monoisotopic (exact) mass is 845 g/mol. The van der Waals surface area contributed by atoms with Crippen LogP contribution in [-0.2, 0) is 22.7 Å². The van der Waals surface area contributed by atoms with Crippen LogP contribution in [0.5, 0.6) is 5.75 Å². The van der Waals surface area contributed by atoms with Gasteiger partial charge in [-0.2, -0.15) is 5.26 Å². The van der Waals surface area contributed by atoms with Gasteiger partial charge in [0, 0.05) is 78.9 Å². The highest BCUT2D eigenvalue weighted by atomic mass is 35.5. The number of imide groups is 2. The number of benzene rings is 3. The van der Waals surface area contributed by atoms with Crippen LogP contribution in [0, 0.1) is 22.2 Å². The number of carbonyl (C=O) groups excluding carboxylic acids is 5. The van der Waals surface area contributed by atoms with Crippen molar-refractivity contribution in [2.45, 2.75) is 110 Å². The zero-order valence-corrected chi connectivity index (χ0v) is 35.9. The molecule has 13 nitrogen and oxygen atoms in total. The van der Waals surface area contributed by atoms with Crippen molar-refractivity contribution in [1.29, 1.82) is 5.26 Å². The Labute approximate surface area is 361 Å². The minimum absolute atomic E-state index is 0.101. The first-order chi connectivity index (χ1) is 29.1. The van der Waals surface area contributed by atoms with E-state index in [2.05, 4.69) is 71.2 Å². The molecule has 9 rings (SSSR count). The molecule has 6 aliphatic rings. The molecule has 2 N–H and O–H groups in total. The van der Waals surface area contributed by atoms with E-state index in [1.54, 1.807) is 18.2 Å². The lowest BCUT2D eigenvalue weighted by Gasteiger charge is -2.63. The van der Waals surface area contributed by atoms with Crippen LogP contribution < -0.4 is 20.3 Å². The summed E-state index contributed by atoms with van der Waals surface area (Å²) >= 11 is 6.26. The molecule has 0 bridgehead atoms. The maximum Gasteiger partial charge on any atom is 0.262 e. The summed E-state index contributed by atoms with van der Waals surface area (Å²) in [4.78, 5) is 73.0. The van der Waals surface area contributed by atoms with Crippen molar-refractivity contribution in [3.8, 4) is 11.8 Å². The van der Waals surface area contributed by atoms with Gasteiger partial charge in [0.25, 0.3) is 17.7 Å². The number of carbonyl (C=O) groups is 5. The summed E-state index contributed by atoms with van der Waals surface area (Å²) in [5, 5.41) is 15.1. The van der Waals surface area contributed by atoms with Crippen LogP contribution in [0.2, 0.25) is 5.02 Å². The molecule has 0 radical (unpaired) electrons. The van der Waals surface area contributed by atoms with E-state index >= 15 is 0 Å². The van der Waals surface area contributed by atoms with Gasteiger partial charge in [-0.15, -0.1) is 0 Å². The van der Waals surface area contributed by atoms with Crippen LogP contribution >= 0.6 is 11.6 Å². The lowest BCUT2D eigenvalue weighted by atomic mass is 9.49. The quantitative estimate of drug-likeness (QED) is 0.271. The Hall–Kier alpha value is -5.29. The van der Waals surface area contributed by atoms with Crippen molar-refractivity contribution in [1.82, 2.24) is 25.3 Å². The Morgan fingerprint density at radius 2 is 1.39 bits per heavy atom. The minimum atomic E-state index is -0.958. The molecule has 3 saturated heterocycles. The summed E-state index contributed by atoms with van der Waals surface area (Å²) < 4.78 is 6.39. The molecule has 5 heterocycles. The summed E-state index contributed by atoms with van der Waals surface area (Å²) in [6.07, 6.45) is 4.36. The van der Waals surface area contributed by atoms with Crippen LogP contribution in [0.3, 0.4) is 0 Å².